The van der Waals surface area contributed by atoms with Crippen LogP contribution in [0.1, 0.15) is 25.7 Å². The molecule has 0 bridgehead atoms. The number of benzene rings is 2. The lowest BCUT2D eigenvalue weighted by Crippen LogP contribution is -2.25. The van der Waals surface area contributed by atoms with Crippen LogP contribution in [0.2, 0.25) is 0 Å². The Morgan fingerprint density at radius 1 is 1.04 bits per heavy atom. The Kier molecular flexibility index (Phi) is 5.99. The summed E-state index contributed by atoms with van der Waals surface area (Å²) in [6, 6.07) is 22.0. The highest BCUT2D eigenvalue weighted by atomic mass is 32.3. The third-order valence-corrected chi connectivity index (χ3v) is 8.74. The number of aliphatic hydroxyl groups is 1. The van der Waals surface area contributed by atoms with Crippen molar-refractivity contribution in [3.8, 4) is 0 Å². The number of hydrogen-bond donors (Lipinski definition) is 2. The average molecular weight is 344 g/mol. The van der Waals surface area contributed by atoms with E-state index < -0.39 is 10.0 Å². The fourth-order valence-corrected chi connectivity index (χ4v) is 6.74. The Balaban J connectivity index is 1.75. The molecular weight excluding hydrogens is 314 g/mol. The molecule has 0 saturated carbocycles. The van der Waals surface area contributed by atoms with E-state index in [0.717, 1.165) is 25.1 Å². The standard InChI is InChI=1S/C21H29NOS/c1-24(20-10-4-2-5-11-20,21-12-6-3-7-13-21)17-19(23)15-14-18-9-8-16-22-18/h2-7,10-13,18-19,22-23H,8-9,14-17H2,1H3/t18-,19-/m0/s1. The fourth-order valence-electron chi connectivity index (χ4n) is 3.64. The van der Waals surface area contributed by atoms with E-state index in [1.807, 2.05) is 0 Å². The lowest BCUT2D eigenvalue weighted by atomic mass is 10.1. The third-order valence-electron chi connectivity index (χ3n) is 5.06. The Bertz CT molecular complexity index is 571. The van der Waals surface area contributed by atoms with Crippen molar-refractivity contribution >= 4 is 10.0 Å². The van der Waals surface area contributed by atoms with Gasteiger partial charge in [0.25, 0.3) is 0 Å². The van der Waals surface area contributed by atoms with E-state index in [-0.39, 0.29) is 6.10 Å². The molecule has 3 rings (SSSR count). The smallest absolute Gasteiger partial charge is 0.0622 e. The number of hydrogen-bond acceptors (Lipinski definition) is 2. The van der Waals surface area contributed by atoms with E-state index in [9.17, 15) is 5.11 Å². The van der Waals surface area contributed by atoms with E-state index >= 15 is 0 Å². The van der Waals surface area contributed by atoms with Gasteiger partial charge in [-0.05, 0) is 72.5 Å². The molecule has 1 fully saturated rings. The first-order chi connectivity index (χ1) is 11.7. The lowest BCUT2D eigenvalue weighted by molar-refractivity contribution is 0.181. The Morgan fingerprint density at radius 3 is 2.12 bits per heavy atom. The zero-order chi connectivity index (χ0) is 16.8. The summed E-state index contributed by atoms with van der Waals surface area (Å²) >= 11 is 0. The Hall–Kier alpha value is -1.29. The van der Waals surface area contributed by atoms with Crippen molar-refractivity contribution in [2.75, 3.05) is 18.6 Å². The molecule has 0 aliphatic carbocycles. The van der Waals surface area contributed by atoms with Crippen LogP contribution in [0, 0.1) is 0 Å². The van der Waals surface area contributed by atoms with Crippen molar-refractivity contribution in [3.63, 3.8) is 0 Å². The van der Waals surface area contributed by atoms with Crippen LogP contribution in [-0.4, -0.2) is 35.8 Å². The monoisotopic (exact) mass is 343 g/mol. The van der Waals surface area contributed by atoms with Crippen LogP contribution < -0.4 is 5.32 Å². The van der Waals surface area contributed by atoms with Crippen molar-refractivity contribution in [1.82, 2.24) is 5.32 Å². The van der Waals surface area contributed by atoms with Crippen LogP contribution in [0.15, 0.2) is 70.5 Å². The van der Waals surface area contributed by atoms with E-state index in [4.69, 9.17) is 0 Å². The number of rotatable bonds is 7. The molecule has 130 valence electrons. The first-order valence-electron chi connectivity index (χ1n) is 8.96. The molecular formula is C21H29NOS. The van der Waals surface area contributed by atoms with E-state index in [1.54, 1.807) is 0 Å². The molecule has 2 N–H and O–H groups in total. The third kappa shape index (κ3) is 4.21. The number of nitrogens with one attached hydrogen (secondary N) is 1. The maximum Gasteiger partial charge on any atom is 0.0622 e. The molecule has 24 heavy (non-hydrogen) atoms. The summed E-state index contributed by atoms with van der Waals surface area (Å²) in [4.78, 5) is 2.71. The highest BCUT2D eigenvalue weighted by molar-refractivity contribution is 8.33. The van der Waals surface area contributed by atoms with Gasteiger partial charge in [-0.2, -0.15) is 10.0 Å². The molecule has 2 aromatic rings. The summed E-state index contributed by atoms with van der Waals surface area (Å²) in [5.74, 6) is 0.841. The van der Waals surface area contributed by atoms with Crippen molar-refractivity contribution in [1.29, 1.82) is 0 Å². The second-order valence-corrected chi connectivity index (χ2v) is 10.4. The predicted molar refractivity (Wildman–Crippen MR) is 104 cm³/mol. The van der Waals surface area contributed by atoms with Gasteiger partial charge >= 0.3 is 0 Å². The molecule has 2 atom stereocenters. The minimum absolute atomic E-state index is 0.243. The van der Waals surface area contributed by atoms with Gasteiger partial charge < -0.3 is 10.4 Å². The highest BCUT2D eigenvalue weighted by Gasteiger charge is 2.27. The largest absolute Gasteiger partial charge is 0.392 e. The summed E-state index contributed by atoms with van der Waals surface area (Å²) < 4.78 is 0. The SMILES string of the molecule is CS(C[C@@H](O)CC[C@@H]1CCCN1)(c1ccccc1)c1ccccc1. The molecule has 2 nitrogen and oxygen atoms in total. The zero-order valence-electron chi connectivity index (χ0n) is 14.5. The van der Waals surface area contributed by atoms with Crippen LogP contribution in [0.3, 0.4) is 0 Å². The summed E-state index contributed by atoms with van der Waals surface area (Å²) in [6.45, 7) is 1.14. The van der Waals surface area contributed by atoms with Crippen molar-refractivity contribution < 1.29 is 5.11 Å². The predicted octanol–water partition coefficient (Wildman–Crippen LogP) is 4.43. The minimum atomic E-state index is -1.21. The van der Waals surface area contributed by atoms with E-state index in [1.165, 1.54) is 22.6 Å². The molecule has 0 unspecified atom stereocenters. The van der Waals surface area contributed by atoms with E-state index in [0.29, 0.717) is 6.04 Å². The zero-order valence-corrected chi connectivity index (χ0v) is 15.3. The molecule has 3 heteroatoms. The molecule has 1 heterocycles. The van der Waals surface area contributed by atoms with Gasteiger partial charge in [0.15, 0.2) is 0 Å². The van der Waals surface area contributed by atoms with Crippen LogP contribution in [0.4, 0.5) is 0 Å². The first-order valence-corrected chi connectivity index (χ1v) is 11.2. The topological polar surface area (TPSA) is 32.3 Å². The molecule has 0 aromatic heterocycles. The van der Waals surface area contributed by atoms with Crippen molar-refractivity contribution in [2.45, 2.75) is 47.6 Å². The van der Waals surface area contributed by atoms with Gasteiger partial charge in [0.05, 0.1) is 6.10 Å². The highest BCUT2D eigenvalue weighted by Crippen LogP contribution is 2.59. The average Bonchev–Trinajstić information content (AvgIpc) is 3.15. The normalized spacial score (nSPS) is 20.0. The van der Waals surface area contributed by atoms with Crippen LogP contribution in [0.5, 0.6) is 0 Å². The summed E-state index contributed by atoms with van der Waals surface area (Å²) in [6.07, 6.45) is 6.61. The van der Waals surface area contributed by atoms with Crippen molar-refractivity contribution in [2.24, 2.45) is 0 Å². The van der Waals surface area contributed by atoms with Gasteiger partial charge in [-0.3, -0.25) is 0 Å². The Labute approximate surface area is 147 Å². The van der Waals surface area contributed by atoms with Gasteiger partial charge in [-0.15, -0.1) is 0 Å². The second-order valence-electron chi connectivity index (χ2n) is 6.90. The first kappa shape index (κ1) is 17.5. The maximum atomic E-state index is 10.8. The summed E-state index contributed by atoms with van der Waals surface area (Å²) in [7, 11) is -1.21. The van der Waals surface area contributed by atoms with Gasteiger partial charge in [0, 0.05) is 11.8 Å². The molecule has 1 aliphatic rings. The molecule has 1 saturated heterocycles. The molecule has 2 aromatic carbocycles. The minimum Gasteiger partial charge on any atom is -0.392 e. The van der Waals surface area contributed by atoms with Crippen LogP contribution >= 0.6 is 10.0 Å². The van der Waals surface area contributed by atoms with Gasteiger partial charge in [-0.1, -0.05) is 36.4 Å². The molecule has 0 radical (unpaired) electrons. The maximum absolute atomic E-state index is 10.8. The second kappa shape index (κ2) is 8.19. The van der Waals surface area contributed by atoms with Gasteiger partial charge in [0.2, 0.25) is 0 Å². The van der Waals surface area contributed by atoms with Crippen LogP contribution in [-0.2, 0) is 0 Å². The van der Waals surface area contributed by atoms with Gasteiger partial charge in [-0.25, -0.2) is 0 Å². The Morgan fingerprint density at radius 2 is 1.62 bits per heavy atom. The van der Waals surface area contributed by atoms with Gasteiger partial charge in [0.1, 0.15) is 0 Å². The lowest BCUT2D eigenvalue weighted by Gasteiger charge is -2.39. The molecule has 0 amide bonds. The van der Waals surface area contributed by atoms with Crippen LogP contribution in [0.25, 0.3) is 0 Å². The fraction of sp³-hybridized carbons (Fsp3) is 0.429. The molecule has 1 aliphatic heterocycles. The summed E-state index contributed by atoms with van der Waals surface area (Å²) in [5, 5.41) is 14.3. The summed E-state index contributed by atoms with van der Waals surface area (Å²) in [5.41, 5.74) is 0. The molecule has 0 spiro atoms. The van der Waals surface area contributed by atoms with Crippen molar-refractivity contribution in [3.05, 3.63) is 60.7 Å². The number of aliphatic hydroxyl groups excluding tert-OH is 1. The quantitative estimate of drug-likeness (QED) is 0.779. The van der Waals surface area contributed by atoms with E-state index in [2.05, 4.69) is 72.2 Å².